The molecule has 4 rings (SSSR count). The molecule has 0 radical (unpaired) electrons. The van der Waals surface area contributed by atoms with Crippen molar-refractivity contribution in [2.45, 2.75) is 29.3 Å². The molecule has 0 heterocycles. The number of benzene rings is 4. The largest absolute Gasteiger partial charge is 0.394 e. The topological polar surface area (TPSA) is 157 Å². The second-order valence-corrected chi connectivity index (χ2v) is 11.9. The fourth-order valence-electron chi connectivity index (χ4n) is 4.61. The van der Waals surface area contributed by atoms with Crippen molar-refractivity contribution in [3.8, 4) is 11.1 Å². The predicted octanol–water partition coefficient (Wildman–Crippen LogP) is 4.44. The Morgan fingerprint density at radius 3 is 1.44 bits per heavy atom. The normalized spacial score (nSPS) is 14.8. The summed E-state index contributed by atoms with van der Waals surface area (Å²) in [5.74, 6) is 0. The van der Waals surface area contributed by atoms with Crippen molar-refractivity contribution in [2.24, 2.45) is 0 Å². The van der Waals surface area contributed by atoms with Crippen LogP contribution in [-0.4, -0.2) is 78.1 Å². The van der Waals surface area contributed by atoms with Crippen molar-refractivity contribution in [3.63, 3.8) is 0 Å². The molecule has 236 valence electrons. The zero-order chi connectivity index (χ0) is 32.4. The molecule has 45 heavy (non-hydrogen) atoms. The van der Waals surface area contributed by atoms with Gasteiger partial charge in [-0.1, -0.05) is 97.1 Å². The van der Waals surface area contributed by atoms with Gasteiger partial charge < -0.3 is 30.5 Å². The van der Waals surface area contributed by atoms with E-state index in [1.54, 1.807) is 12.1 Å². The molecule has 6 N–H and O–H groups in total. The van der Waals surface area contributed by atoms with Gasteiger partial charge in [0.2, 0.25) is 0 Å². The molecular formula is C35H37NO8S. The molecule has 0 saturated heterocycles. The van der Waals surface area contributed by atoms with Gasteiger partial charge in [0.15, 0.2) is 0 Å². The van der Waals surface area contributed by atoms with Gasteiger partial charge in [0, 0.05) is 19.3 Å². The molecule has 0 bridgehead atoms. The van der Waals surface area contributed by atoms with Crippen molar-refractivity contribution >= 4 is 40.1 Å². The van der Waals surface area contributed by atoms with Crippen molar-refractivity contribution in [1.82, 2.24) is 0 Å². The highest BCUT2D eigenvalue weighted by molar-refractivity contribution is 7.85. The molecule has 0 fully saturated rings. The van der Waals surface area contributed by atoms with E-state index in [2.05, 4.69) is 17.4 Å². The summed E-state index contributed by atoms with van der Waals surface area (Å²) in [6, 6.07) is 29.8. The lowest BCUT2D eigenvalue weighted by molar-refractivity contribution is -0.127. The van der Waals surface area contributed by atoms with Gasteiger partial charge >= 0.3 is 0 Å². The standard InChI is InChI=1S/C35H37NO8S/c1-44-35(33(39)23-37)34(40)32(38)22-36-30-18-10-26(11-19-30)4-2-24-6-14-28(15-7-24)29-16-8-25(9-17-29)3-5-27-12-20-31(21-13-27)45(41,42)43/h2-21,32-40H,22-23H2,1H3,(H,41,42,43)/b4-2+,5-3+. The molecule has 4 aromatic rings. The van der Waals surface area contributed by atoms with Crippen molar-refractivity contribution < 1.29 is 38.1 Å². The van der Waals surface area contributed by atoms with Gasteiger partial charge in [-0.2, -0.15) is 8.42 Å². The number of nitrogens with one attached hydrogen (secondary N) is 1. The Kier molecular flexibility index (Phi) is 11.8. The highest BCUT2D eigenvalue weighted by Gasteiger charge is 2.31. The van der Waals surface area contributed by atoms with Crippen LogP contribution in [0.3, 0.4) is 0 Å². The Bertz CT molecular complexity index is 1670. The number of rotatable bonds is 14. The Balaban J connectivity index is 1.29. The summed E-state index contributed by atoms with van der Waals surface area (Å²) in [4.78, 5) is -0.138. The van der Waals surface area contributed by atoms with Gasteiger partial charge in [-0.15, -0.1) is 0 Å². The van der Waals surface area contributed by atoms with Crippen LogP contribution in [0.5, 0.6) is 0 Å². The van der Waals surface area contributed by atoms with Crippen molar-refractivity contribution in [3.05, 3.63) is 119 Å². The molecule has 10 heteroatoms. The zero-order valence-corrected chi connectivity index (χ0v) is 25.5. The van der Waals surface area contributed by atoms with Crippen LogP contribution in [0, 0.1) is 0 Å². The monoisotopic (exact) mass is 631 g/mol. The van der Waals surface area contributed by atoms with Crippen LogP contribution in [0.15, 0.2) is 102 Å². The minimum Gasteiger partial charge on any atom is -0.394 e. The van der Waals surface area contributed by atoms with Gasteiger partial charge in [0.25, 0.3) is 10.1 Å². The Hall–Kier alpha value is -4.13. The summed E-state index contributed by atoms with van der Waals surface area (Å²) in [5.41, 5.74) is 6.72. The number of aliphatic hydroxyl groups excluding tert-OH is 4. The van der Waals surface area contributed by atoms with Crippen LogP contribution in [0.2, 0.25) is 0 Å². The van der Waals surface area contributed by atoms with E-state index in [-0.39, 0.29) is 11.4 Å². The maximum Gasteiger partial charge on any atom is 0.294 e. The molecule has 0 amide bonds. The molecular weight excluding hydrogens is 594 g/mol. The summed E-state index contributed by atoms with van der Waals surface area (Å²) in [6.07, 6.45) is 2.79. The van der Waals surface area contributed by atoms with Gasteiger partial charge in [-0.05, 0) is 57.6 Å². The van der Waals surface area contributed by atoms with Gasteiger partial charge in [0.1, 0.15) is 18.3 Å². The predicted molar refractivity (Wildman–Crippen MR) is 177 cm³/mol. The number of ether oxygens (including phenoxy) is 1. The summed E-state index contributed by atoms with van der Waals surface area (Å²) in [5, 5.41) is 42.4. The average molecular weight is 632 g/mol. The van der Waals surface area contributed by atoms with Crippen LogP contribution in [0.25, 0.3) is 35.4 Å². The number of hydrogen-bond donors (Lipinski definition) is 6. The Morgan fingerprint density at radius 1 is 0.667 bits per heavy atom. The number of hydrogen-bond acceptors (Lipinski definition) is 8. The van der Waals surface area contributed by atoms with E-state index >= 15 is 0 Å². The number of anilines is 1. The smallest absolute Gasteiger partial charge is 0.294 e. The highest BCUT2D eigenvalue weighted by Crippen LogP contribution is 2.23. The second-order valence-electron chi connectivity index (χ2n) is 10.5. The Labute approximate surface area is 263 Å². The van der Waals surface area contributed by atoms with E-state index in [4.69, 9.17) is 14.4 Å². The minimum atomic E-state index is -4.20. The molecule has 4 atom stereocenters. The van der Waals surface area contributed by atoms with E-state index in [0.717, 1.165) is 39.1 Å². The fourth-order valence-corrected chi connectivity index (χ4v) is 5.09. The average Bonchev–Trinajstić information content (AvgIpc) is 3.06. The Morgan fingerprint density at radius 2 is 1.07 bits per heavy atom. The van der Waals surface area contributed by atoms with Crippen LogP contribution in [-0.2, 0) is 14.9 Å². The third-order valence-corrected chi connectivity index (χ3v) is 8.13. The molecule has 0 spiro atoms. The molecule has 4 unspecified atom stereocenters. The first-order valence-corrected chi connectivity index (χ1v) is 15.7. The lowest BCUT2D eigenvalue weighted by Gasteiger charge is -2.28. The molecule has 0 saturated carbocycles. The minimum absolute atomic E-state index is 0.0243. The molecule has 0 aliphatic rings. The van der Waals surface area contributed by atoms with Crippen LogP contribution < -0.4 is 5.32 Å². The fraction of sp³-hybridized carbons (Fsp3) is 0.200. The first kappa shape index (κ1) is 33.8. The highest BCUT2D eigenvalue weighted by atomic mass is 32.2. The molecule has 4 aromatic carbocycles. The molecule has 0 aromatic heterocycles. The summed E-state index contributed by atoms with van der Waals surface area (Å²) in [7, 11) is -2.92. The van der Waals surface area contributed by atoms with Crippen LogP contribution >= 0.6 is 0 Å². The van der Waals surface area contributed by atoms with E-state index in [1.165, 1.54) is 19.2 Å². The number of methoxy groups -OCH3 is 1. The van der Waals surface area contributed by atoms with Crippen LogP contribution in [0.4, 0.5) is 5.69 Å². The zero-order valence-electron chi connectivity index (χ0n) is 24.6. The lowest BCUT2D eigenvalue weighted by atomic mass is 10.0. The van der Waals surface area contributed by atoms with Crippen LogP contribution in [0.1, 0.15) is 22.3 Å². The van der Waals surface area contributed by atoms with Gasteiger partial charge in [-0.25, -0.2) is 0 Å². The summed E-state index contributed by atoms with van der Waals surface area (Å²) < 4.78 is 36.5. The molecule has 9 nitrogen and oxygen atoms in total. The molecule has 0 aliphatic heterocycles. The number of aliphatic hydroxyl groups is 4. The lowest BCUT2D eigenvalue weighted by Crippen LogP contribution is -2.49. The summed E-state index contributed by atoms with van der Waals surface area (Å²) in [6.45, 7) is -0.566. The van der Waals surface area contributed by atoms with E-state index in [9.17, 15) is 23.7 Å². The first-order chi connectivity index (χ1) is 21.6. The van der Waals surface area contributed by atoms with Crippen molar-refractivity contribution in [1.29, 1.82) is 0 Å². The third kappa shape index (κ3) is 9.68. The van der Waals surface area contributed by atoms with E-state index in [0.29, 0.717) is 0 Å². The summed E-state index contributed by atoms with van der Waals surface area (Å²) >= 11 is 0. The maximum absolute atomic E-state index is 11.2. The van der Waals surface area contributed by atoms with Gasteiger partial charge in [-0.3, -0.25) is 4.55 Å². The van der Waals surface area contributed by atoms with Gasteiger partial charge in [0.05, 0.1) is 17.6 Å². The SMILES string of the molecule is COC(C(O)CO)C(O)C(O)CNc1ccc(/C=C/c2ccc(-c3ccc(/C=C/c4ccc(S(=O)(=O)O)cc4)cc3)cc2)cc1. The van der Waals surface area contributed by atoms with E-state index < -0.39 is 41.1 Å². The van der Waals surface area contributed by atoms with E-state index in [1.807, 2.05) is 85.0 Å². The van der Waals surface area contributed by atoms with Crippen molar-refractivity contribution in [2.75, 3.05) is 25.6 Å². The first-order valence-electron chi connectivity index (χ1n) is 14.2. The molecule has 0 aliphatic carbocycles. The maximum atomic E-state index is 11.2. The third-order valence-electron chi connectivity index (χ3n) is 7.26. The second kappa shape index (κ2) is 15.7. The quantitative estimate of drug-likeness (QED) is 0.0875.